The summed E-state index contributed by atoms with van der Waals surface area (Å²) in [5, 5.41) is 0. The van der Waals surface area contributed by atoms with E-state index < -0.39 is 0 Å². The standard InChI is InChI=1S/C18H30/c1-3-5-7-9-11-13-15-17-18-16-14-12-10-8-6-4-2/h3,5,7H,1,4,6,8-16H2,2H3/b7-5+. The molecule has 0 aromatic heterocycles. The molecule has 0 saturated carbocycles. The van der Waals surface area contributed by atoms with Crippen molar-refractivity contribution in [3.8, 4) is 11.8 Å². The third kappa shape index (κ3) is 15.0. The van der Waals surface area contributed by atoms with Gasteiger partial charge in [-0.05, 0) is 25.7 Å². The van der Waals surface area contributed by atoms with Gasteiger partial charge >= 0.3 is 0 Å². The third-order valence-electron chi connectivity index (χ3n) is 2.98. The Hall–Kier alpha value is -0.960. The summed E-state index contributed by atoms with van der Waals surface area (Å²) in [6.45, 7) is 5.91. The van der Waals surface area contributed by atoms with Gasteiger partial charge < -0.3 is 0 Å². The maximum Gasteiger partial charge on any atom is 0.00887 e. The Bertz CT molecular complexity index is 249. The van der Waals surface area contributed by atoms with Crippen LogP contribution in [0.4, 0.5) is 0 Å². The quantitative estimate of drug-likeness (QED) is 0.237. The molecule has 0 aliphatic rings. The monoisotopic (exact) mass is 246 g/mol. The molecule has 0 atom stereocenters. The van der Waals surface area contributed by atoms with E-state index in [2.05, 4.69) is 31.4 Å². The summed E-state index contributed by atoms with van der Waals surface area (Å²) in [6, 6.07) is 0. The van der Waals surface area contributed by atoms with Gasteiger partial charge in [0.2, 0.25) is 0 Å². The van der Waals surface area contributed by atoms with Crippen LogP contribution >= 0.6 is 0 Å². The van der Waals surface area contributed by atoms with Gasteiger partial charge in [0.15, 0.2) is 0 Å². The zero-order chi connectivity index (χ0) is 13.3. The van der Waals surface area contributed by atoms with Crippen LogP contribution in [-0.4, -0.2) is 0 Å². The molecule has 0 aliphatic carbocycles. The molecule has 0 saturated heterocycles. The van der Waals surface area contributed by atoms with E-state index in [4.69, 9.17) is 0 Å². The van der Waals surface area contributed by atoms with Crippen molar-refractivity contribution in [1.82, 2.24) is 0 Å². The molecule has 0 radical (unpaired) electrons. The molecule has 0 rings (SSSR count). The van der Waals surface area contributed by atoms with E-state index in [0.717, 1.165) is 19.3 Å². The molecule has 0 amide bonds. The topological polar surface area (TPSA) is 0 Å². The highest BCUT2D eigenvalue weighted by Gasteiger charge is 1.88. The SMILES string of the molecule is C=C/C=C/CCCCC#CCCCCCCCC. The summed E-state index contributed by atoms with van der Waals surface area (Å²) >= 11 is 0. The van der Waals surface area contributed by atoms with Gasteiger partial charge in [0.1, 0.15) is 0 Å². The summed E-state index contributed by atoms with van der Waals surface area (Å²) < 4.78 is 0. The van der Waals surface area contributed by atoms with Gasteiger partial charge in [-0.3, -0.25) is 0 Å². The zero-order valence-electron chi connectivity index (χ0n) is 12.2. The minimum Gasteiger partial charge on any atom is -0.103 e. The van der Waals surface area contributed by atoms with Crippen molar-refractivity contribution in [3.05, 3.63) is 24.8 Å². The van der Waals surface area contributed by atoms with E-state index in [-0.39, 0.29) is 0 Å². The summed E-state index contributed by atoms with van der Waals surface area (Å²) in [7, 11) is 0. The maximum atomic E-state index is 3.65. The highest BCUT2D eigenvalue weighted by Crippen LogP contribution is 2.06. The first kappa shape index (κ1) is 17.0. The molecule has 0 unspecified atom stereocenters. The van der Waals surface area contributed by atoms with Crippen molar-refractivity contribution in [3.63, 3.8) is 0 Å². The minimum atomic E-state index is 1.07. The molecule has 102 valence electrons. The first-order valence-electron chi connectivity index (χ1n) is 7.65. The second-order valence-corrected chi connectivity index (χ2v) is 4.78. The van der Waals surface area contributed by atoms with E-state index in [0.29, 0.717) is 0 Å². The Morgan fingerprint density at radius 1 is 0.833 bits per heavy atom. The molecule has 18 heavy (non-hydrogen) atoms. The number of hydrogen-bond donors (Lipinski definition) is 0. The lowest BCUT2D eigenvalue weighted by Gasteiger charge is -1.96. The Labute approximate surface area is 115 Å². The number of unbranched alkanes of at least 4 members (excludes halogenated alkanes) is 9. The van der Waals surface area contributed by atoms with E-state index >= 15 is 0 Å². The molecular weight excluding hydrogens is 216 g/mol. The van der Waals surface area contributed by atoms with Crippen molar-refractivity contribution in [1.29, 1.82) is 0 Å². The molecule has 0 aromatic carbocycles. The molecule has 0 aliphatic heterocycles. The summed E-state index contributed by atoms with van der Waals surface area (Å²) in [5.41, 5.74) is 0. The van der Waals surface area contributed by atoms with Gasteiger partial charge in [-0.15, -0.1) is 11.8 Å². The van der Waals surface area contributed by atoms with Gasteiger partial charge in [0.05, 0.1) is 0 Å². The highest BCUT2D eigenvalue weighted by molar-refractivity contribution is 4.99. The molecule has 0 bridgehead atoms. The molecule has 0 heterocycles. The summed E-state index contributed by atoms with van der Waals surface area (Å²) in [4.78, 5) is 0. The van der Waals surface area contributed by atoms with Gasteiger partial charge in [-0.1, -0.05) is 63.8 Å². The van der Waals surface area contributed by atoms with Crippen LogP contribution < -0.4 is 0 Å². The third-order valence-corrected chi connectivity index (χ3v) is 2.98. The first-order valence-corrected chi connectivity index (χ1v) is 7.65. The summed E-state index contributed by atoms with van der Waals surface area (Å²) in [5.74, 6) is 6.58. The minimum absolute atomic E-state index is 1.07. The molecule has 0 heteroatoms. The van der Waals surface area contributed by atoms with E-state index in [1.54, 1.807) is 0 Å². The molecule has 0 fully saturated rings. The Kier molecular flexibility index (Phi) is 15.2. The Morgan fingerprint density at radius 2 is 1.44 bits per heavy atom. The predicted octanol–water partition coefficient (Wildman–Crippen LogP) is 6.04. The van der Waals surface area contributed by atoms with Crippen LogP contribution in [-0.2, 0) is 0 Å². The van der Waals surface area contributed by atoms with E-state index in [1.807, 2.05) is 12.2 Å². The van der Waals surface area contributed by atoms with Crippen molar-refractivity contribution in [2.75, 3.05) is 0 Å². The van der Waals surface area contributed by atoms with Crippen molar-refractivity contribution in [2.24, 2.45) is 0 Å². The fourth-order valence-electron chi connectivity index (χ4n) is 1.84. The molecule has 0 aromatic rings. The predicted molar refractivity (Wildman–Crippen MR) is 83.6 cm³/mol. The van der Waals surface area contributed by atoms with Crippen LogP contribution in [0, 0.1) is 11.8 Å². The lowest BCUT2D eigenvalue weighted by Crippen LogP contribution is -1.78. The van der Waals surface area contributed by atoms with Crippen LogP contribution in [0.1, 0.15) is 77.6 Å². The van der Waals surface area contributed by atoms with Crippen LogP contribution in [0.3, 0.4) is 0 Å². The van der Waals surface area contributed by atoms with Crippen LogP contribution in [0.5, 0.6) is 0 Å². The van der Waals surface area contributed by atoms with Crippen LogP contribution in [0.15, 0.2) is 24.8 Å². The van der Waals surface area contributed by atoms with Crippen LogP contribution in [0.2, 0.25) is 0 Å². The van der Waals surface area contributed by atoms with Gasteiger partial charge in [0, 0.05) is 12.8 Å². The second-order valence-electron chi connectivity index (χ2n) is 4.78. The smallest absolute Gasteiger partial charge is 0.00887 e. The van der Waals surface area contributed by atoms with Gasteiger partial charge in [0.25, 0.3) is 0 Å². The maximum absolute atomic E-state index is 3.65. The lowest BCUT2D eigenvalue weighted by molar-refractivity contribution is 0.613. The van der Waals surface area contributed by atoms with Crippen molar-refractivity contribution >= 4 is 0 Å². The normalized spacial score (nSPS) is 10.3. The Balaban J connectivity index is 3.14. The molecular formula is C18H30. The first-order chi connectivity index (χ1) is 8.91. The Morgan fingerprint density at radius 3 is 2.11 bits per heavy atom. The average Bonchev–Trinajstić information content (AvgIpc) is 2.39. The fourth-order valence-corrected chi connectivity index (χ4v) is 1.84. The molecule has 0 spiro atoms. The average molecular weight is 246 g/mol. The molecule has 0 nitrogen and oxygen atoms in total. The zero-order valence-corrected chi connectivity index (χ0v) is 12.2. The highest BCUT2D eigenvalue weighted by atomic mass is 13.9. The van der Waals surface area contributed by atoms with Crippen molar-refractivity contribution < 1.29 is 0 Å². The largest absolute Gasteiger partial charge is 0.103 e. The van der Waals surface area contributed by atoms with E-state index in [9.17, 15) is 0 Å². The van der Waals surface area contributed by atoms with E-state index in [1.165, 1.54) is 51.4 Å². The number of allylic oxidation sites excluding steroid dienone is 3. The number of hydrogen-bond acceptors (Lipinski definition) is 0. The fraction of sp³-hybridized carbons (Fsp3) is 0.667. The number of rotatable bonds is 11. The lowest BCUT2D eigenvalue weighted by atomic mass is 10.1. The molecule has 0 N–H and O–H groups in total. The summed E-state index contributed by atoms with van der Waals surface area (Å²) in [6.07, 6.45) is 20.0. The van der Waals surface area contributed by atoms with Gasteiger partial charge in [-0.25, -0.2) is 0 Å². The van der Waals surface area contributed by atoms with Crippen LogP contribution in [0.25, 0.3) is 0 Å². The van der Waals surface area contributed by atoms with Crippen molar-refractivity contribution in [2.45, 2.75) is 77.6 Å². The second kappa shape index (κ2) is 16.0. The van der Waals surface area contributed by atoms with Gasteiger partial charge in [-0.2, -0.15) is 0 Å².